The molecule has 0 saturated heterocycles. The van der Waals surface area contributed by atoms with Gasteiger partial charge in [-0.2, -0.15) is 0 Å². The van der Waals surface area contributed by atoms with Crippen LogP contribution < -0.4 is 4.74 Å². The van der Waals surface area contributed by atoms with Crippen molar-refractivity contribution >= 4 is 15.9 Å². The van der Waals surface area contributed by atoms with E-state index in [1.165, 1.54) is 12.8 Å². The summed E-state index contributed by atoms with van der Waals surface area (Å²) < 4.78 is 6.94. The second-order valence-corrected chi connectivity index (χ2v) is 6.64. The Hall–Kier alpha value is -0.570. The van der Waals surface area contributed by atoms with Crippen molar-refractivity contribution in [3.05, 3.63) is 22.3 Å². The van der Waals surface area contributed by atoms with Gasteiger partial charge in [0, 0.05) is 6.20 Å². The highest BCUT2D eigenvalue weighted by molar-refractivity contribution is 9.10. The van der Waals surface area contributed by atoms with Gasteiger partial charge in [0.1, 0.15) is 6.10 Å². The molecule has 0 atom stereocenters. The molecule has 0 amide bonds. The van der Waals surface area contributed by atoms with E-state index in [9.17, 15) is 0 Å². The molecule has 1 fully saturated rings. The summed E-state index contributed by atoms with van der Waals surface area (Å²) in [5, 5.41) is 0. The SMILES string of the molecule is Cc1cnc(OC2CCC(C)(C)CC2)c(Br)c1. The standard InChI is InChI=1S/C14H20BrNO/c1-10-8-12(15)13(16-9-10)17-11-4-6-14(2,3)7-5-11/h8-9,11H,4-7H2,1-3H3. The van der Waals surface area contributed by atoms with E-state index in [-0.39, 0.29) is 0 Å². The topological polar surface area (TPSA) is 22.1 Å². The molecule has 0 bridgehead atoms. The summed E-state index contributed by atoms with van der Waals surface area (Å²) in [6, 6.07) is 2.05. The predicted octanol–water partition coefficient (Wildman–Crippen LogP) is 4.50. The highest BCUT2D eigenvalue weighted by Crippen LogP contribution is 2.37. The quantitative estimate of drug-likeness (QED) is 0.802. The van der Waals surface area contributed by atoms with E-state index in [4.69, 9.17) is 4.74 Å². The first-order chi connectivity index (χ1) is 7.96. The third-order valence-electron chi connectivity index (χ3n) is 3.51. The number of nitrogens with zero attached hydrogens (tertiary/aromatic N) is 1. The molecule has 17 heavy (non-hydrogen) atoms. The van der Waals surface area contributed by atoms with Crippen LogP contribution in [0.5, 0.6) is 5.88 Å². The first-order valence-electron chi connectivity index (χ1n) is 6.25. The maximum Gasteiger partial charge on any atom is 0.228 e. The average Bonchev–Trinajstić information content (AvgIpc) is 2.25. The molecule has 1 heterocycles. The van der Waals surface area contributed by atoms with Crippen molar-refractivity contribution in [3.63, 3.8) is 0 Å². The number of aryl methyl sites for hydroxylation is 1. The maximum absolute atomic E-state index is 5.98. The molecule has 1 aromatic rings. The molecule has 94 valence electrons. The molecule has 1 aliphatic rings. The third kappa shape index (κ3) is 3.44. The van der Waals surface area contributed by atoms with Crippen molar-refractivity contribution in [2.24, 2.45) is 5.41 Å². The first kappa shape index (κ1) is 12.9. The van der Waals surface area contributed by atoms with Crippen molar-refractivity contribution in [3.8, 4) is 5.88 Å². The minimum atomic E-state index is 0.328. The van der Waals surface area contributed by atoms with Crippen LogP contribution in [0.2, 0.25) is 0 Å². The van der Waals surface area contributed by atoms with Gasteiger partial charge in [0.2, 0.25) is 5.88 Å². The summed E-state index contributed by atoms with van der Waals surface area (Å²) in [4.78, 5) is 4.34. The average molecular weight is 298 g/mol. The van der Waals surface area contributed by atoms with Gasteiger partial charge in [-0.25, -0.2) is 4.98 Å². The van der Waals surface area contributed by atoms with E-state index in [0.29, 0.717) is 11.5 Å². The summed E-state index contributed by atoms with van der Waals surface area (Å²) in [5.41, 5.74) is 1.63. The summed E-state index contributed by atoms with van der Waals surface area (Å²) in [7, 11) is 0. The van der Waals surface area contributed by atoms with Crippen LogP contribution in [0.15, 0.2) is 16.7 Å². The Morgan fingerprint density at radius 3 is 2.59 bits per heavy atom. The lowest BCUT2D eigenvalue weighted by Gasteiger charge is -2.34. The van der Waals surface area contributed by atoms with E-state index in [1.54, 1.807) is 0 Å². The number of hydrogen-bond acceptors (Lipinski definition) is 2. The Morgan fingerprint density at radius 2 is 2.00 bits per heavy atom. The van der Waals surface area contributed by atoms with Gasteiger partial charge >= 0.3 is 0 Å². The molecule has 1 aromatic heterocycles. The molecule has 0 aliphatic heterocycles. The van der Waals surface area contributed by atoms with E-state index in [0.717, 1.165) is 28.8 Å². The predicted molar refractivity (Wildman–Crippen MR) is 73.3 cm³/mol. The molecule has 2 nitrogen and oxygen atoms in total. The molecule has 0 spiro atoms. The fourth-order valence-electron chi connectivity index (χ4n) is 2.26. The van der Waals surface area contributed by atoms with E-state index in [1.807, 2.05) is 13.1 Å². The van der Waals surface area contributed by atoms with Gasteiger partial charge in [-0.15, -0.1) is 0 Å². The Labute approximate surface area is 112 Å². The van der Waals surface area contributed by atoms with Gasteiger partial charge in [0.25, 0.3) is 0 Å². The van der Waals surface area contributed by atoms with Crippen LogP contribution in [0.1, 0.15) is 45.1 Å². The second kappa shape index (κ2) is 4.97. The van der Waals surface area contributed by atoms with E-state index in [2.05, 4.69) is 40.8 Å². The summed E-state index contributed by atoms with van der Waals surface area (Å²) >= 11 is 3.51. The van der Waals surface area contributed by atoms with Crippen LogP contribution in [0, 0.1) is 12.3 Å². The minimum absolute atomic E-state index is 0.328. The van der Waals surface area contributed by atoms with Gasteiger partial charge in [-0.3, -0.25) is 0 Å². The van der Waals surface area contributed by atoms with Gasteiger partial charge in [0.05, 0.1) is 4.47 Å². The maximum atomic E-state index is 5.98. The molecular formula is C14H20BrNO. The van der Waals surface area contributed by atoms with Crippen molar-refractivity contribution in [1.82, 2.24) is 4.98 Å². The summed E-state index contributed by atoms with van der Waals surface area (Å²) in [6.45, 7) is 6.71. The zero-order valence-corrected chi connectivity index (χ0v) is 12.4. The zero-order valence-electron chi connectivity index (χ0n) is 10.8. The fourth-order valence-corrected chi connectivity index (χ4v) is 2.81. The largest absolute Gasteiger partial charge is 0.474 e. The molecule has 0 aromatic carbocycles. The molecule has 1 saturated carbocycles. The normalized spacial score (nSPS) is 20.2. The highest BCUT2D eigenvalue weighted by Gasteiger charge is 2.28. The number of hydrogen-bond donors (Lipinski definition) is 0. The lowest BCUT2D eigenvalue weighted by Crippen LogP contribution is -2.28. The Bertz CT molecular complexity index is 393. The first-order valence-corrected chi connectivity index (χ1v) is 7.04. The Morgan fingerprint density at radius 1 is 1.35 bits per heavy atom. The Balaban J connectivity index is 1.98. The van der Waals surface area contributed by atoms with E-state index >= 15 is 0 Å². The van der Waals surface area contributed by atoms with Crippen LogP contribution >= 0.6 is 15.9 Å². The van der Waals surface area contributed by atoms with Gasteiger partial charge < -0.3 is 4.74 Å². The molecule has 0 unspecified atom stereocenters. The van der Waals surface area contributed by atoms with Crippen LogP contribution in [0.25, 0.3) is 0 Å². The monoisotopic (exact) mass is 297 g/mol. The summed E-state index contributed by atoms with van der Waals surface area (Å²) in [5.74, 6) is 0.736. The molecule has 1 aliphatic carbocycles. The van der Waals surface area contributed by atoms with Crippen LogP contribution in [0.4, 0.5) is 0 Å². The smallest absolute Gasteiger partial charge is 0.228 e. The molecular weight excluding hydrogens is 278 g/mol. The lowest BCUT2D eigenvalue weighted by molar-refractivity contribution is 0.0942. The summed E-state index contributed by atoms with van der Waals surface area (Å²) in [6.07, 6.45) is 6.92. The van der Waals surface area contributed by atoms with Crippen molar-refractivity contribution < 1.29 is 4.74 Å². The highest BCUT2D eigenvalue weighted by atomic mass is 79.9. The van der Waals surface area contributed by atoms with Crippen LogP contribution in [0.3, 0.4) is 0 Å². The third-order valence-corrected chi connectivity index (χ3v) is 4.08. The number of halogens is 1. The number of aromatic nitrogens is 1. The number of pyridine rings is 1. The molecule has 2 rings (SSSR count). The zero-order chi connectivity index (χ0) is 12.5. The van der Waals surface area contributed by atoms with Gasteiger partial charge in [-0.05, 0) is 65.6 Å². The fraction of sp³-hybridized carbons (Fsp3) is 0.643. The second-order valence-electron chi connectivity index (χ2n) is 5.78. The lowest BCUT2D eigenvalue weighted by atomic mass is 9.76. The minimum Gasteiger partial charge on any atom is -0.474 e. The Kier molecular flexibility index (Phi) is 3.76. The van der Waals surface area contributed by atoms with Crippen molar-refractivity contribution in [1.29, 1.82) is 0 Å². The molecule has 0 radical (unpaired) electrons. The molecule has 3 heteroatoms. The van der Waals surface area contributed by atoms with E-state index < -0.39 is 0 Å². The molecule has 0 N–H and O–H groups in total. The van der Waals surface area contributed by atoms with Gasteiger partial charge in [0.15, 0.2) is 0 Å². The number of ether oxygens (including phenoxy) is 1. The van der Waals surface area contributed by atoms with Gasteiger partial charge in [-0.1, -0.05) is 13.8 Å². The van der Waals surface area contributed by atoms with Crippen LogP contribution in [-0.2, 0) is 0 Å². The van der Waals surface area contributed by atoms with Crippen molar-refractivity contribution in [2.45, 2.75) is 52.6 Å². The number of rotatable bonds is 2. The van der Waals surface area contributed by atoms with Crippen LogP contribution in [-0.4, -0.2) is 11.1 Å². The van der Waals surface area contributed by atoms with Crippen molar-refractivity contribution in [2.75, 3.05) is 0 Å².